The van der Waals surface area contributed by atoms with Crippen molar-refractivity contribution < 1.29 is 19.2 Å². The minimum Gasteiger partial charge on any atom is -0.491 e. The molecule has 0 saturated heterocycles. The Morgan fingerprint density at radius 3 is 2.53 bits per heavy atom. The van der Waals surface area contributed by atoms with Crippen molar-refractivity contribution in [2.45, 2.75) is 19.6 Å². The summed E-state index contributed by atoms with van der Waals surface area (Å²) in [6, 6.07) is 22.7. The van der Waals surface area contributed by atoms with E-state index in [1.54, 1.807) is 18.2 Å². The van der Waals surface area contributed by atoms with Crippen LogP contribution >= 0.6 is 0 Å². The molecule has 3 aromatic carbocycles. The second-order valence-corrected chi connectivity index (χ2v) is 7.19. The van der Waals surface area contributed by atoms with Gasteiger partial charge in [0.05, 0.1) is 11.0 Å². The number of carbonyl (C=O) groups is 1. The van der Waals surface area contributed by atoms with Crippen LogP contribution in [0.15, 0.2) is 78.9 Å². The van der Waals surface area contributed by atoms with E-state index in [0.717, 1.165) is 11.1 Å². The molecule has 0 bridgehead atoms. The van der Waals surface area contributed by atoms with Gasteiger partial charge in [-0.15, -0.1) is 0 Å². The van der Waals surface area contributed by atoms with Crippen LogP contribution in [-0.4, -0.2) is 30.2 Å². The van der Waals surface area contributed by atoms with E-state index in [0.29, 0.717) is 11.4 Å². The van der Waals surface area contributed by atoms with Crippen LogP contribution < -0.4 is 15.4 Å². The van der Waals surface area contributed by atoms with Gasteiger partial charge in [-0.2, -0.15) is 0 Å². The van der Waals surface area contributed by atoms with E-state index >= 15 is 0 Å². The van der Waals surface area contributed by atoms with Crippen molar-refractivity contribution in [2.75, 3.05) is 18.5 Å². The average molecular weight is 435 g/mol. The maximum absolute atomic E-state index is 12.4. The quantitative estimate of drug-likeness (QED) is 0.354. The number of nitrogens with zero attached hydrogens (tertiary/aromatic N) is 1. The fourth-order valence-electron chi connectivity index (χ4n) is 3.00. The normalized spacial score (nSPS) is 11.3. The highest BCUT2D eigenvalue weighted by Gasteiger charge is 2.18. The van der Waals surface area contributed by atoms with Crippen LogP contribution in [0.2, 0.25) is 0 Å². The number of ether oxygens (including phenoxy) is 2. The number of para-hydroxylation sites is 2. The van der Waals surface area contributed by atoms with Crippen LogP contribution in [-0.2, 0) is 11.3 Å². The summed E-state index contributed by atoms with van der Waals surface area (Å²) in [6.07, 6.45) is -0.601. The van der Waals surface area contributed by atoms with Crippen molar-refractivity contribution in [1.29, 1.82) is 0 Å². The van der Waals surface area contributed by atoms with Crippen LogP contribution in [0.1, 0.15) is 11.1 Å². The van der Waals surface area contributed by atoms with E-state index in [1.165, 1.54) is 6.07 Å². The van der Waals surface area contributed by atoms with Crippen LogP contribution in [0.4, 0.5) is 16.2 Å². The van der Waals surface area contributed by atoms with Gasteiger partial charge in [0.2, 0.25) is 0 Å². The van der Waals surface area contributed by atoms with Gasteiger partial charge in [-0.3, -0.25) is 10.1 Å². The second-order valence-electron chi connectivity index (χ2n) is 7.19. The summed E-state index contributed by atoms with van der Waals surface area (Å²) in [6.45, 7) is 2.45. The van der Waals surface area contributed by atoms with Gasteiger partial charge in [-0.25, -0.2) is 4.79 Å². The third kappa shape index (κ3) is 7.02. The molecule has 1 unspecified atom stereocenters. The first kappa shape index (κ1) is 22.6. The molecule has 0 spiro atoms. The number of nitro benzene ring substituents is 1. The largest absolute Gasteiger partial charge is 0.491 e. The fraction of sp³-hybridized carbons (Fsp3) is 0.208. The van der Waals surface area contributed by atoms with Crippen LogP contribution in [0.5, 0.6) is 5.75 Å². The first-order valence-corrected chi connectivity index (χ1v) is 10.2. The van der Waals surface area contributed by atoms with Gasteiger partial charge in [-0.05, 0) is 36.2 Å². The molecule has 1 atom stereocenters. The van der Waals surface area contributed by atoms with Gasteiger partial charge in [0.25, 0.3) is 5.69 Å². The predicted octanol–water partition coefficient (Wildman–Crippen LogP) is 4.69. The molecule has 0 aliphatic carbocycles. The number of nitro groups is 1. The highest BCUT2D eigenvalue weighted by Crippen LogP contribution is 2.23. The van der Waals surface area contributed by atoms with Gasteiger partial charge in [0.15, 0.2) is 0 Å². The zero-order valence-corrected chi connectivity index (χ0v) is 17.7. The summed E-state index contributed by atoms with van der Waals surface area (Å²) in [5.74, 6) is 0.667. The molecule has 8 nitrogen and oxygen atoms in total. The van der Waals surface area contributed by atoms with Crippen LogP contribution in [0.25, 0.3) is 0 Å². The molecule has 3 aromatic rings. The molecule has 0 heterocycles. The van der Waals surface area contributed by atoms with E-state index in [9.17, 15) is 14.9 Å². The zero-order chi connectivity index (χ0) is 22.8. The summed E-state index contributed by atoms with van der Waals surface area (Å²) in [7, 11) is 0. The fourth-order valence-corrected chi connectivity index (χ4v) is 3.00. The number of hydrogen-bond donors (Lipinski definition) is 2. The topological polar surface area (TPSA) is 103 Å². The Morgan fingerprint density at radius 2 is 1.78 bits per heavy atom. The molecule has 8 heteroatoms. The lowest BCUT2D eigenvalue weighted by Gasteiger charge is -2.20. The highest BCUT2D eigenvalue weighted by molar-refractivity contribution is 5.68. The van der Waals surface area contributed by atoms with Crippen molar-refractivity contribution in [3.05, 3.63) is 100 Å². The number of alkyl carbamates (subject to hydrolysis) is 1. The third-order valence-corrected chi connectivity index (χ3v) is 4.62. The molecular weight excluding hydrogens is 410 g/mol. The van der Waals surface area contributed by atoms with Gasteiger partial charge >= 0.3 is 6.09 Å². The molecule has 0 fully saturated rings. The number of amides is 1. The Bertz CT molecular complexity index is 1040. The number of anilines is 1. The number of nitrogens with one attached hydrogen (secondary N) is 2. The summed E-state index contributed by atoms with van der Waals surface area (Å²) < 4.78 is 11.1. The smallest absolute Gasteiger partial charge is 0.407 e. The molecule has 32 heavy (non-hydrogen) atoms. The summed E-state index contributed by atoms with van der Waals surface area (Å²) in [5, 5.41) is 17.1. The molecule has 166 valence electrons. The van der Waals surface area contributed by atoms with Crippen molar-refractivity contribution >= 4 is 17.5 Å². The lowest BCUT2D eigenvalue weighted by atomic mass is 10.2. The molecule has 1 amide bonds. The minimum absolute atomic E-state index is 0.0440. The Labute approximate surface area is 186 Å². The lowest BCUT2D eigenvalue weighted by molar-refractivity contribution is -0.384. The number of carbonyl (C=O) groups excluding carboxylic acids is 1. The van der Waals surface area contributed by atoms with E-state index in [-0.39, 0.29) is 25.4 Å². The number of aryl methyl sites for hydroxylation is 1. The average Bonchev–Trinajstić information content (AvgIpc) is 2.80. The Balaban J connectivity index is 1.63. The highest BCUT2D eigenvalue weighted by atomic mass is 16.6. The molecular formula is C24H25N3O5. The standard InChI is InChI=1S/C24H25N3O5/c1-18-8-7-11-21(14-18)31-17-20(15-25-22-12-5-6-13-23(22)27(29)30)26-24(28)32-16-19-9-3-2-4-10-19/h2-14,20,25H,15-17H2,1H3,(H,26,28). The third-order valence-electron chi connectivity index (χ3n) is 4.62. The molecule has 0 aliphatic rings. The molecule has 3 rings (SSSR count). The number of rotatable bonds is 10. The van der Waals surface area contributed by atoms with Gasteiger partial charge < -0.3 is 20.1 Å². The van der Waals surface area contributed by atoms with Gasteiger partial charge in [0, 0.05) is 12.6 Å². The number of benzene rings is 3. The zero-order valence-electron chi connectivity index (χ0n) is 17.7. The Kier molecular flexibility index (Phi) is 8.02. The van der Waals surface area contributed by atoms with Crippen molar-refractivity contribution in [3.63, 3.8) is 0 Å². The van der Waals surface area contributed by atoms with Gasteiger partial charge in [0.1, 0.15) is 24.7 Å². The van der Waals surface area contributed by atoms with Gasteiger partial charge in [-0.1, -0.05) is 54.6 Å². The Hall–Kier alpha value is -4.07. The SMILES string of the molecule is Cc1cccc(OCC(CNc2ccccc2[N+](=O)[O-])NC(=O)OCc2ccccc2)c1. The van der Waals surface area contributed by atoms with Crippen LogP contribution in [0.3, 0.4) is 0 Å². The maximum Gasteiger partial charge on any atom is 0.407 e. The first-order chi connectivity index (χ1) is 15.5. The molecule has 0 saturated carbocycles. The molecule has 2 N–H and O–H groups in total. The van der Waals surface area contributed by atoms with Crippen molar-refractivity contribution in [3.8, 4) is 5.75 Å². The van der Waals surface area contributed by atoms with Crippen LogP contribution in [0, 0.1) is 17.0 Å². The second kappa shape index (κ2) is 11.4. The summed E-state index contributed by atoms with van der Waals surface area (Å²) in [4.78, 5) is 23.2. The molecule has 0 radical (unpaired) electrons. The molecule has 0 aliphatic heterocycles. The monoisotopic (exact) mass is 435 g/mol. The molecule has 0 aromatic heterocycles. The minimum atomic E-state index is -0.601. The van der Waals surface area contributed by atoms with Crippen molar-refractivity contribution in [2.24, 2.45) is 0 Å². The summed E-state index contributed by atoms with van der Waals surface area (Å²) in [5.41, 5.74) is 2.23. The van der Waals surface area contributed by atoms with E-state index < -0.39 is 17.1 Å². The van der Waals surface area contributed by atoms with E-state index in [4.69, 9.17) is 9.47 Å². The lowest BCUT2D eigenvalue weighted by Crippen LogP contribution is -2.44. The first-order valence-electron chi connectivity index (χ1n) is 10.2. The summed E-state index contributed by atoms with van der Waals surface area (Å²) >= 11 is 0. The maximum atomic E-state index is 12.4. The van der Waals surface area contributed by atoms with Crippen molar-refractivity contribution in [1.82, 2.24) is 5.32 Å². The van der Waals surface area contributed by atoms with E-state index in [2.05, 4.69) is 10.6 Å². The Morgan fingerprint density at radius 1 is 1.03 bits per heavy atom. The number of hydrogen-bond acceptors (Lipinski definition) is 6. The van der Waals surface area contributed by atoms with E-state index in [1.807, 2.05) is 61.5 Å². The predicted molar refractivity (Wildman–Crippen MR) is 122 cm³/mol.